The Labute approximate surface area is 146 Å². The predicted octanol–water partition coefficient (Wildman–Crippen LogP) is 3.14. The molecule has 1 amide bonds. The molecular weight excluding hydrogens is 320 g/mol. The molecule has 0 bridgehead atoms. The molecule has 0 unspecified atom stereocenters. The summed E-state index contributed by atoms with van der Waals surface area (Å²) in [5.74, 6) is -0.423. The minimum Gasteiger partial charge on any atom is -0.494 e. The molecule has 128 valence electrons. The van der Waals surface area contributed by atoms with E-state index < -0.39 is 18.0 Å². The van der Waals surface area contributed by atoms with Gasteiger partial charge in [0, 0.05) is 5.69 Å². The number of esters is 1. The lowest BCUT2D eigenvalue weighted by atomic mass is 10.2. The standard InChI is InChI=1S/C19H18N2O4/c1-3-24-17-9-7-15(8-10-17)19(23)25-13(2)18(22)21-16-6-4-5-14(11-16)12-20/h4-11,13H,3H2,1-2H3,(H,21,22)/t13-/m0/s1. The monoisotopic (exact) mass is 338 g/mol. The first-order valence-electron chi connectivity index (χ1n) is 7.78. The van der Waals surface area contributed by atoms with E-state index in [4.69, 9.17) is 14.7 Å². The fourth-order valence-corrected chi connectivity index (χ4v) is 2.05. The molecule has 0 spiro atoms. The zero-order valence-corrected chi connectivity index (χ0v) is 14.0. The molecule has 0 aliphatic carbocycles. The first-order chi connectivity index (χ1) is 12.0. The Morgan fingerprint density at radius 2 is 1.92 bits per heavy atom. The van der Waals surface area contributed by atoms with Crippen LogP contribution in [0.1, 0.15) is 29.8 Å². The number of anilines is 1. The van der Waals surface area contributed by atoms with E-state index in [2.05, 4.69) is 5.32 Å². The van der Waals surface area contributed by atoms with Crippen molar-refractivity contribution in [2.24, 2.45) is 0 Å². The first-order valence-corrected chi connectivity index (χ1v) is 7.78. The van der Waals surface area contributed by atoms with Crippen molar-refractivity contribution in [1.29, 1.82) is 5.26 Å². The highest BCUT2D eigenvalue weighted by Crippen LogP contribution is 2.14. The Balaban J connectivity index is 1.95. The highest BCUT2D eigenvalue weighted by Gasteiger charge is 2.19. The number of hydrogen-bond acceptors (Lipinski definition) is 5. The summed E-state index contributed by atoms with van der Waals surface area (Å²) in [7, 11) is 0. The highest BCUT2D eigenvalue weighted by molar-refractivity contribution is 5.97. The van der Waals surface area contributed by atoms with Gasteiger partial charge in [0.15, 0.2) is 6.10 Å². The van der Waals surface area contributed by atoms with E-state index in [0.29, 0.717) is 29.2 Å². The third kappa shape index (κ3) is 5.08. The fraction of sp³-hybridized carbons (Fsp3) is 0.211. The zero-order valence-electron chi connectivity index (χ0n) is 14.0. The van der Waals surface area contributed by atoms with Gasteiger partial charge in [-0.1, -0.05) is 6.07 Å². The highest BCUT2D eigenvalue weighted by atomic mass is 16.5. The molecule has 1 atom stereocenters. The Bertz CT molecular complexity index is 794. The molecule has 0 aliphatic rings. The van der Waals surface area contributed by atoms with Gasteiger partial charge in [-0.05, 0) is 56.3 Å². The van der Waals surface area contributed by atoms with Gasteiger partial charge in [0.2, 0.25) is 0 Å². The van der Waals surface area contributed by atoms with E-state index in [1.54, 1.807) is 48.5 Å². The summed E-state index contributed by atoms with van der Waals surface area (Å²) >= 11 is 0. The number of amides is 1. The van der Waals surface area contributed by atoms with Crippen LogP contribution in [0.25, 0.3) is 0 Å². The molecule has 6 heteroatoms. The van der Waals surface area contributed by atoms with E-state index >= 15 is 0 Å². The van der Waals surface area contributed by atoms with Crippen LogP contribution < -0.4 is 10.1 Å². The lowest BCUT2D eigenvalue weighted by Crippen LogP contribution is -2.30. The van der Waals surface area contributed by atoms with Crippen LogP contribution in [-0.4, -0.2) is 24.6 Å². The number of rotatable bonds is 6. The van der Waals surface area contributed by atoms with Crippen molar-refractivity contribution in [1.82, 2.24) is 0 Å². The van der Waals surface area contributed by atoms with Gasteiger partial charge < -0.3 is 14.8 Å². The second-order valence-electron chi connectivity index (χ2n) is 5.19. The molecule has 0 saturated carbocycles. The van der Waals surface area contributed by atoms with E-state index in [1.807, 2.05) is 13.0 Å². The van der Waals surface area contributed by atoms with Crippen molar-refractivity contribution in [3.8, 4) is 11.8 Å². The van der Waals surface area contributed by atoms with E-state index in [0.717, 1.165) is 0 Å². The summed E-state index contributed by atoms with van der Waals surface area (Å²) in [6.07, 6.45) is -0.982. The van der Waals surface area contributed by atoms with Crippen LogP contribution in [0.4, 0.5) is 5.69 Å². The summed E-state index contributed by atoms with van der Waals surface area (Å²) in [4.78, 5) is 24.2. The normalized spacial score (nSPS) is 11.1. The smallest absolute Gasteiger partial charge is 0.338 e. The minimum absolute atomic E-state index is 0.328. The summed E-state index contributed by atoms with van der Waals surface area (Å²) in [6, 6.07) is 15.0. The molecule has 6 nitrogen and oxygen atoms in total. The number of benzene rings is 2. The van der Waals surface area contributed by atoms with Crippen LogP contribution in [0.3, 0.4) is 0 Å². The van der Waals surface area contributed by atoms with Crippen LogP contribution in [0.15, 0.2) is 48.5 Å². The summed E-state index contributed by atoms with van der Waals surface area (Å²) in [6.45, 7) is 3.89. The van der Waals surface area contributed by atoms with Crippen molar-refractivity contribution >= 4 is 17.6 Å². The van der Waals surface area contributed by atoms with Gasteiger partial charge in [-0.15, -0.1) is 0 Å². The molecule has 25 heavy (non-hydrogen) atoms. The van der Waals surface area contributed by atoms with Gasteiger partial charge >= 0.3 is 5.97 Å². The summed E-state index contributed by atoms with van der Waals surface area (Å²) in [5, 5.41) is 11.5. The number of nitrogens with one attached hydrogen (secondary N) is 1. The molecule has 2 aromatic carbocycles. The van der Waals surface area contributed by atoms with Crippen LogP contribution in [0.5, 0.6) is 5.75 Å². The maximum Gasteiger partial charge on any atom is 0.338 e. The largest absolute Gasteiger partial charge is 0.494 e. The van der Waals surface area contributed by atoms with Gasteiger partial charge in [-0.3, -0.25) is 4.79 Å². The fourth-order valence-electron chi connectivity index (χ4n) is 2.05. The van der Waals surface area contributed by atoms with Crippen molar-refractivity contribution in [3.05, 3.63) is 59.7 Å². The average molecular weight is 338 g/mol. The predicted molar refractivity (Wildman–Crippen MR) is 92.3 cm³/mol. The molecule has 0 aliphatic heterocycles. The lowest BCUT2D eigenvalue weighted by Gasteiger charge is -2.14. The van der Waals surface area contributed by atoms with Crippen molar-refractivity contribution < 1.29 is 19.1 Å². The second kappa shape index (κ2) is 8.50. The Morgan fingerprint density at radius 3 is 2.56 bits per heavy atom. The number of ether oxygens (including phenoxy) is 2. The van der Waals surface area contributed by atoms with Crippen LogP contribution in [0, 0.1) is 11.3 Å². The maximum absolute atomic E-state index is 12.1. The Hall–Kier alpha value is -3.33. The quantitative estimate of drug-likeness (QED) is 0.818. The van der Waals surface area contributed by atoms with Crippen LogP contribution in [-0.2, 0) is 9.53 Å². The van der Waals surface area contributed by atoms with Crippen molar-refractivity contribution in [2.45, 2.75) is 20.0 Å². The van der Waals surface area contributed by atoms with Crippen molar-refractivity contribution in [2.75, 3.05) is 11.9 Å². The molecule has 0 heterocycles. The van der Waals surface area contributed by atoms with Crippen LogP contribution in [0.2, 0.25) is 0 Å². The molecule has 0 saturated heterocycles. The molecule has 1 N–H and O–H groups in total. The van der Waals surface area contributed by atoms with Crippen molar-refractivity contribution in [3.63, 3.8) is 0 Å². The Morgan fingerprint density at radius 1 is 1.20 bits per heavy atom. The molecule has 2 rings (SSSR count). The summed E-state index contributed by atoms with van der Waals surface area (Å²) < 4.78 is 10.5. The number of nitrogens with zero attached hydrogens (tertiary/aromatic N) is 1. The lowest BCUT2D eigenvalue weighted by molar-refractivity contribution is -0.123. The third-order valence-electron chi connectivity index (χ3n) is 3.31. The third-order valence-corrected chi connectivity index (χ3v) is 3.31. The average Bonchev–Trinajstić information content (AvgIpc) is 2.62. The minimum atomic E-state index is -0.982. The molecular formula is C19H18N2O4. The summed E-state index contributed by atoms with van der Waals surface area (Å²) in [5.41, 5.74) is 1.22. The van der Waals surface area contributed by atoms with E-state index in [1.165, 1.54) is 6.92 Å². The second-order valence-corrected chi connectivity index (χ2v) is 5.19. The molecule has 2 aromatic rings. The number of carbonyl (C=O) groups excluding carboxylic acids is 2. The Kier molecular flexibility index (Phi) is 6.13. The van der Waals surface area contributed by atoms with Gasteiger partial charge in [0.1, 0.15) is 5.75 Å². The maximum atomic E-state index is 12.1. The van der Waals surface area contributed by atoms with Crippen LogP contribution >= 0.6 is 0 Å². The van der Waals surface area contributed by atoms with Gasteiger partial charge in [0.05, 0.1) is 23.8 Å². The zero-order chi connectivity index (χ0) is 18.2. The molecule has 0 fully saturated rings. The number of carbonyl (C=O) groups is 2. The first kappa shape index (κ1) is 18.0. The molecule has 0 radical (unpaired) electrons. The van der Waals surface area contributed by atoms with E-state index in [9.17, 15) is 9.59 Å². The topological polar surface area (TPSA) is 88.4 Å². The molecule has 0 aromatic heterocycles. The number of hydrogen-bond donors (Lipinski definition) is 1. The van der Waals surface area contributed by atoms with Gasteiger partial charge in [0.25, 0.3) is 5.91 Å². The van der Waals surface area contributed by atoms with E-state index in [-0.39, 0.29) is 0 Å². The van der Waals surface area contributed by atoms with Gasteiger partial charge in [-0.25, -0.2) is 4.79 Å². The number of nitriles is 1. The SMILES string of the molecule is CCOc1ccc(C(=O)O[C@@H](C)C(=O)Nc2cccc(C#N)c2)cc1. The van der Waals surface area contributed by atoms with Gasteiger partial charge in [-0.2, -0.15) is 5.26 Å².